The van der Waals surface area contributed by atoms with Crippen LogP contribution in [0.15, 0.2) is 59.4 Å². The zero-order valence-electron chi connectivity index (χ0n) is 19.2. The van der Waals surface area contributed by atoms with Crippen LogP contribution in [0.4, 0.5) is 0 Å². The minimum atomic E-state index is -1.02. The van der Waals surface area contributed by atoms with Gasteiger partial charge in [0.15, 0.2) is 0 Å². The molecule has 0 fully saturated rings. The summed E-state index contributed by atoms with van der Waals surface area (Å²) in [5, 5.41) is 1.85. The van der Waals surface area contributed by atoms with Crippen LogP contribution in [0.2, 0.25) is 0 Å². The van der Waals surface area contributed by atoms with Gasteiger partial charge in [0, 0.05) is 0 Å². The van der Waals surface area contributed by atoms with Crippen molar-refractivity contribution < 1.29 is 47.7 Å². The van der Waals surface area contributed by atoms with Gasteiger partial charge in [-0.1, -0.05) is 0 Å². The molecular formula is C27H33Cl2HfP. The maximum absolute atomic E-state index is 2.63. The number of halogens is 2. The van der Waals surface area contributed by atoms with Gasteiger partial charge in [-0.15, -0.1) is 0 Å². The van der Waals surface area contributed by atoms with Gasteiger partial charge >= 0.3 is 191 Å². The summed E-state index contributed by atoms with van der Waals surface area (Å²) < 4.78 is 1.52. The van der Waals surface area contributed by atoms with Crippen LogP contribution in [0, 0.1) is 11.8 Å². The predicted octanol–water partition coefficient (Wildman–Crippen LogP) is 2.12. The van der Waals surface area contributed by atoms with Crippen LogP contribution < -0.4 is 24.8 Å². The molecule has 2 unspecified atom stereocenters. The summed E-state index contributed by atoms with van der Waals surface area (Å²) in [6.45, 7) is 12.0. The van der Waals surface area contributed by atoms with E-state index in [2.05, 4.69) is 95.3 Å². The average molecular weight is 638 g/mol. The van der Waals surface area contributed by atoms with E-state index >= 15 is 0 Å². The van der Waals surface area contributed by atoms with Gasteiger partial charge in [0.25, 0.3) is 0 Å². The maximum atomic E-state index is 2.63. The molecule has 0 amide bonds. The number of hydrogen-bond donors (Lipinski definition) is 0. The van der Waals surface area contributed by atoms with E-state index < -0.39 is 22.9 Å². The summed E-state index contributed by atoms with van der Waals surface area (Å²) in [4.78, 5) is 0. The number of allylic oxidation sites excluding steroid dienone is 2. The van der Waals surface area contributed by atoms with Gasteiger partial charge in [0.2, 0.25) is 0 Å². The zero-order chi connectivity index (χ0) is 20.5. The van der Waals surface area contributed by atoms with Crippen molar-refractivity contribution in [3.05, 3.63) is 81.7 Å². The Balaban J connectivity index is 0.00000171. The molecule has 2 aliphatic rings. The molecule has 0 N–H and O–H groups in total. The van der Waals surface area contributed by atoms with Crippen molar-refractivity contribution >= 4 is 20.1 Å². The molecule has 0 spiro atoms. The van der Waals surface area contributed by atoms with E-state index in [-0.39, 0.29) is 32.7 Å². The van der Waals surface area contributed by atoms with Gasteiger partial charge in [-0.3, -0.25) is 0 Å². The second kappa shape index (κ2) is 11.8. The normalized spacial score (nSPS) is 18.7. The van der Waals surface area contributed by atoms with Crippen LogP contribution in [-0.2, 0) is 22.9 Å². The Morgan fingerprint density at radius 1 is 0.742 bits per heavy atom. The molecule has 2 atom stereocenters. The fourth-order valence-corrected chi connectivity index (χ4v) is 17.1. The van der Waals surface area contributed by atoms with Crippen molar-refractivity contribution in [2.75, 3.05) is 12.3 Å². The Hall–Kier alpha value is -0.200. The minimum Gasteiger partial charge on any atom is -1.00 e. The van der Waals surface area contributed by atoms with Crippen LogP contribution in [0.1, 0.15) is 64.2 Å². The number of rotatable bonds is 7. The van der Waals surface area contributed by atoms with E-state index in [1.165, 1.54) is 23.5 Å². The number of benzene rings is 2. The fraction of sp³-hybridized carbons (Fsp3) is 0.407. The van der Waals surface area contributed by atoms with Crippen molar-refractivity contribution in [1.82, 2.24) is 0 Å². The van der Waals surface area contributed by atoms with E-state index in [0.717, 1.165) is 19.2 Å². The van der Waals surface area contributed by atoms with Gasteiger partial charge in [-0.05, 0) is 0 Å². The summed E-state index contributed by atoms with van der Waals surface area (Å²) >= 11 is -1.02. The van der Waals surface area contributed by atoms with Crippen molar-refractivity contribution in [2.45, 2.75) is 42.0 Å². The van der Waals surface area contributed by atoms with E-state index in [0.29, 0.717) is 0 Å². The van der Waals surface area contributed by atoms with Crippen molar-refractivity contribution in [3.63, 3.8) is 0 Å². The Morgan fingerprint density at radius 3 is 1.77 bits per heavy atom. The molecule has 4 rings (SSSR count). The molecule has 0 aliphatic heterocycles. The maximum Gasteiger partial charge on any atom is -1.00 e. The second-order valence-corrected chi connectivity index (χ2v) is 17.1. The first-order valence-corrected chi connectivity index (χ1v) is 16.9. The largest absolute Gasteiger partial charge is 1.00 e. The Labute approximate surface area is 214 Å². The first-order chi connectivity index (χ1) is 13.9. The van der Waals surface area contributed by atoms with Crippen LogP contribution in [-0.4, -0.2) is 12.3 Å². The molecule has 0 radical (unpaired) electrons. The molecule has 0 bridgehead atoms. The van der Waals surface area contributed by atoms with Gasteiger partial charge in [0.1, 0.15) is 0 Å². The first-order valence-electron chi connectivity index (χ1n) is 11.0. The van der Waals surface area contributed by atoms with Crippen molar-refractivity contribution in [2.24, 2.45) is 11.8 Å². The monoisotopic (exact) mass is 638 g/mol. The van der Waals surface area contributed by atoms with Crippen LogP contribution >= 0.6 is 7.92 Å². The molecule has 2 aromatic rings. The van der Waals surface area contributed by atoms with E-state index in [1.54, 1.807) is 16.7 Å². The molecule has 0 aromatic heterocycles. The Morgan fingerprint density at radius 2 is 1.23 bits per heavy atom. The standard InChI is InChI=1S/C17H24P.C10H9.2ClH.Hf/c1-13(2)11-18(12-14(3)4)17-9-15-7-5-6-8-16(15)10-17;1-8-6-9-4-2-3-5-10(9)7-8;;;/h5-10,13-14H,11-12H2,1-4H3;2-7H,1H3;2*1H;/q;;;;+2/p-2. The Kier molecular flexibility index (Phi) is 10.3. The third-order valence-corrected chi connectivity index (χ3v) is 17.6. The summed E-state index contributed by atoms with van der Waals surface area (Å²) in [5.74, 6) is 1.57. The van der Waals surface area contributed by atoms with Crippen LogP contribution in [0.5, 0.6) is 0 Å². The van der Waals surface area contributed by atoms with Gasteiger partial charge < -0.3 is 24.8 Å². The van der Waals surface area contributed by atoms with Crippen molar-refractivity contribution in [1.29, 1.82) is 0 Å². The summed E-state index contributed by atoms with van der Waals surface area (Å²) in [7, 11) is -0.0379. The molecule has 0 heterocycles. The molecule has 0 nitrogen and oxygen atoms in total. The van der Waals surface area contributed by atoms with Gasteiger partial charge in [-0.2, -0.15) is 0 Å². The van der Waals surface area contributed by atoms with E-state index in [4.69, 9.17) is 0 Å². The topological polar surface area (TPSA) is 0 Å². The SMILES string of the molecule is CC1=Cc2ccccc2[CH]1[Hf+2][CH]1C(P(CC(C)C)CC(C)C)=Cc2ccccc21.[Cl-].[Cl-]. The molecule has 2 aliphatic carbocycles. The second-order valence-electron chi connectivity index (χ2n) is 9.44. The summed E-state index contributed by atoms with van der Waals surface area (Å²) in [5.41, 5.74) is 7.89. The van der Waals surface area contributed by atoms with Crippen LogP contribution in [0.3, 0.4) is 0 Å². The predicted molar refractivity (Wildman–Crippen MR) is 126 cm³/mol. The van der Waals surface area contributed by atoms with Crippen molar-refractivity contribution in [3.8, 4) is 0 Å². The van der Waals surface area contributed by atoms with Crippen LogP contribution in [0.25, 0.3) is 12.2 Å². The summed E-state index contributed by atoms with van der Waals surface area (Å²) in [6.07, 6.45) is 7.87. The zero-order valence-corrected chi connectivity index (χ0v) is 25.2. The van der Waals surface area contributed by atoms with Gasteiger partial charge in [-0.25, -0.2) is 0 Å². The quantitative estimate of drug-likeness (QED) is 0.323. The molecule has 31 heavy (non-hydrogen) atoms. The molecule has 2 aromatic carbocycles. The number of fused-ring (bicyclic) bond motifs is 2. The molecule has 0 saturated carbocycles. The smallest absolute Gasteiger partial charge is 1.00 e. The molecular weight excluding hydrogens is 605 g/mol. The van der Waals surface area contributed by atoms with Gasteiger partial charge in [0.05, 0.1) is 0 Å². The minimum absolute atomic E-state index is 0. The average Bonchev–Trinajstić information content (AvgIpc) is 3.19. The molecule has 0 saturated heterocycles. The molecule has 164 valence electrons. The third-order valence-electron chi connectivity index (χ3n) is 5.92. The first kappa shape index (κ1) is 27.0. The molecule has 4 heteroatoms. The summed E-state index contributed by atoms with van der Waals surface area (Å²) in [6, 6.07) is 18.4. The number of hydrogen-bond acceptors (Lipinski definition) is 0. The van der Waals surface area contributed by atoms with E-state index in [1.807, 2.05) is 5.31 Å². The fourth-order valence-electron chi connectivity index (χ4n) is 4.79. The third kappa shape index (κ3) is 6.03. The van der Waals surface area contributed by atoms with E-state index in [9.17, 15) is 0 Å². The Bertz CT molecular complexity index is 938.